The second-order valence-electron chi connectivity index (χ2n) is 5.96. The van der Waals surface area contributed by atoms with E-state index in [0.29, 0.717) is 13.1 Å². The van der Waals surface area contributed by atoms with Crippen molar-refractivity contribution in [2.45, 2.75) is 25.5 Å². The second-order valence-corrected chi connectivity index (χ2v) is 7.85. The van der Waals surface area contributed by atoms with E-state index in [2.05, 4.69) is 5.16 Å². The molecule has 0 radical (unpaired) electrons. The fourth-order valence-corrected chi connectivity index (χ4v) is 4.29. The van der Waals surface area contributed by atoms with Crippen LogP contribution in [0.2, 0.25) is 0 Å². The van der Waals surface area contributed by atoms with Crippen LogP contribution in [0.4, 0.5) is 0 Å². The van der Waals surface area contributed by atoms with Crippen LogP contribution in [0.1, 0.15) is 28.2 Å². The predicted octanol–water partition coefficient (Wildman–Crippen LogP) is 4.29. The molecule has 1 fully saturated rings. The minimum Gasteiger partial charge on any atom is -0.376 e. The molecule has 0 bridgehead atoms. The molecule has 0 saturated carbocycles. The molecule has 3 aromatic heterocycles. The van der Waals surface area contributed by atoms with E-state index >= 15 is 0 Å². The molecule has 130 valence electrons. The summed E-state index contributed by atoms with van der Waals surface area (Å²) in [5.41, 5.74) is 0.756. The molecular formula is C18H18N2O3S2. The predicted molar refractivity (Wildman–Crippen MR) is 97.8 cm³/mol. The highest BCUT2D eigenvalue weighted by atomic mass is 32.1. The van der Waals surface area contributed by atoms with Crippen LogP contribution in [0.15, 0.2) is 45.6 Å². The molecule has 0 aromatic carbocycles. The number of amides is 1. The maximum absolute atomic E-state index is 12.9. The van der Waals surface area contributed by atoms with Crippen LogP contribution in [-0.2, 0) is 11.3 Å². The van der Waals surface area contributed by atoms with Crippen molar-refractivity contribution in [2.24, 2.45) is 0 Å². The van der Waals surface area contributed by atoms with Crippen LogP contribution >= 0.6 is 22.7 Å². The molecule has 1 atom stereocenters. The molecule has 1 unspecified atom stereocenters. The molecule has 4 heterocycles. The van der Waals surface area contributed by atoms with Gasteiger partial charge in [0, 0.05) is 19.2 Å². The Hall–Kier alpha value is -1.96. The van der Waals surface area contributed by atoms with E-state index < -0.39 is 0 Å². The highest BCUT2D eigenvalue weighted by Gasteiger charge is 2.25. The number of carbonyl (C=O) groups is 1. The highest BCUT2D eigenvalue weighted by molar-refractivity contribution is 7.13. The average Bonchev–Trinajstić information content (AvgIpc) is 3.41. The van der Waals surface area contributed by atoms with Crippen LogP contribution < -0.4 is 0 Å². The molecular weight excluding hydrogens is 356 g/mol. The summed E-state index contributed by atoms with van der Waals surface area (Å²) >= 11 is 3.06. The van der Waals surface area contributed by atoms with Crippen molar-refractivity contribution in [3.8, 4) is 10.6 Å². The maximum atomic E-state index is 12.9. The molecule has 7 heteroatoms. The van der Waals surface area contributed by atoms with Crippen molar-refractivity contribution < 1.29 is 14.1 Å². The Bertz CT molecular complexity index is 805. The monoisotopic (exact) mass is 374 g/mol. The average molecular weight is 374 g/mol. The van der Waals surface area contributed by atoms with Crippen LogP contribution in [0.3, 0.4) is 0 Å². The van der Waals surface area contributed by atoms with Crippen molar-refractivity contribution in [2.75, 3.05) is 13.2 Å². The second kappa shape index (κ2) is 7.51. The Morgan fingerprint density at radius 1 is 1.28 bits per heavy atom. The maximum Gasteiger partial charge on any atom is 0.264 e. The molecule has 0 N–H and O–H groups in total. The van der Waals surface area contributed by atoms with Crippen LogP contribution in [0.25, 0.3) is 10.6 Å². The number of rotatable bonds is 6. The van der Waals surface area contributed by atoms with E-state index in [-0.39, 0.29) is 12.0 Å². The number of hydrogen-bond donors (Lipinski definition) is 0. The minimum absolute atomic E-state index is 0.0196. The summed E-state index contributed by atoms with van der Waals surface area (Å²) in [6.45, 7) is 1.78. The zero-order valence-electron chi connectivity index (χ0n) is 13.6. The van der Waals surface area contributed by atoms with Gasteiger partial charge in [-0.3, -0.25) is 4.79 Å². The molecule has 1 amide bonds. The topological polar surface area (TPSA) is 55.6 Å². The SMILES string of the molecule is O=C(c1cccs1)N(Cc1cc(-c2cccs2)on1)CC1CCCO1. The van der Waals surface area contributed by atoms with Gasteiger partial charge in [0.25, 0.3) is 5.91 Å². The number of thiophene rings is 2. The molecule has 25 heavy (non-hydrogen) atoms. The molecule has 0 aliphatic carbocycles. The summed E-state index contributed by atoms with van der Waals surface area (Å²) in [6, 6.07) is 9.64. The number of carbonyl (C=O) groups excluding carboxylic acids is 1. The van der Waals surface area contributed by atoms with E-state index in [1.54, 1.807) is 11.3 Å². The van der Waals surface area contributed by atoms with Crippen molar-refractivity contribution in [3.63, 3.8) is 0 Å². The van der Waals surface area contributed by atoms with Gasteiger partial charge in [-0.1, -0.05) is 17.3 Å². The van der Waals surface area contributed by atoms with Gasteiger partial charge in [0.15, 0.2) is 5.76 Å². The first-order valence-electron chi connectivity index (χ1n) is 8.23. The van der Waals surface area contributed by atoms with E-state index in [0.717, 1.165) is 40.7 Å². The first-order chi connectivity index (χ1) is 12.3. The van der Waals surface area contributed by atoms with E-state index in [4.69, 9.17) is 9.26 Å². The Morgan fingerprint density at radius 3 is 2.88 bits per heavy atom. The van der Waals surface area contributed by atoms with E-state index in [1.165, 1.54) is 11.3 Å². The summed E-state index contributed by atoms with van der Waals surface area (Å²) in [6.07, 6.45) is 2.15. The lowest BCUT2D eigenvalue weighted by molar-refractivity contribution is 0.0506. The van der Waals surface area contributed by atoms with Gasteiger partial charge in [0.05, 0.1) is 22.4 Å². The lowest BCUT2D eigenvalue weighted by atomic mass is 10.2. The van der Waals surface area contributed by atoms with Crippen molar-refractivity contribution in [1.82, 2.24) is 10.1 Å². The molecule has 3 aromatic rings. The van der Waals surface area contributed by atoms with Crippen molar-refractivity contribution >= 4 is 28.6 Å². The summed E-state index contributed by atoms with van der Waals surface area (Å²) in [5.74, 6) is 0.761. The minimum atomic E-state index is 0.0196. The summed E-state index contributed by atoms with van der Waals surface area (Å²) in [5, 5.41) is 8.07. The van der Waals surface area contributed by atoms with Gasteiger partial charge < -0.3 is 14.2 Å². The number of hydrogen-bond acceptors (Lipinski definition) is 6. The summed E-state index contributed by atoms with van der Waals surface area (Å²) in [4.78, 5) is 16.4. The normalized spacial score (nSPS) is 17.0. The Labute approximate surface area is 153 Å². The zero-order chi connectivity index (χ0) is 17.1. The smallest absolute Gasteiger partial charge is 0.264 e. The van der Waals surface area contributed by atoms with Crippen molar-refractivity contribution in [3.05, 3.63) is 51.7 Å². The van der Waals surface area contributed by atoms with Gasteiger partial charge in [0.1, 0.15) is 5.69 Å². The third-order valence-electron chi connectivity index (χ3n) is 4.14. The molecule has 5 nitrogen and oxygen atoms in total. The summed E-state index contributed by atoms with van der Waals surface area (Å²) in [7, 11) is 0. The standard InChI is InChI=1S/C18H18N2O3S2/c21-18(17-6-3-9-25-17)20(12-14-4-1-7-22-14)11-13-10-15(23-19-13)16-5-2-8-24-16/h2-3,5-6,8-10,14H,1,4,7,11-12H2. The molecule has 0 spiro atoms. The van der Waals surface area contributed by atoms with Crippen LogP contribution in [0.5, 0.6) is 0 Å². The van der Waals surface area contributed by atoms with Gasteiger partial charge in [-0.2, -0.15) is 0 Å². The Kier molecular flexibility index (Phi) is 4.96. The van der Waals surface area contributed by atoms with E-state index in [9.17, 15) is 4.79 Å². The largest absolute Gasteiger partial charge is 0.376 e. The summed E-state index contributed by atoms with van der Waals surface area (Å²) < 4.78 is 11.2. The van der Waals surface area contributed by atoms with Gasteiger partial charge in [-0.05, 0) is 35.7 Å². The molecule has 1 saturated heterocycles. The van der Waals surface area contributed by atoms with E-state index in [1.807, 2.05) is 46.0 Å². The van der Waals surface area contributed by atoms with Gasteiger partial charge in [-0.25, -0.2) is 0 Å². The number of nitrogens with zero attached hydrogens (tertiary/aromatic N) is 2. The zero-order valence-corrected chi connectivity index (χ0v) is 15.2. The molecule has 1 aliphatic heterocycles. The third-order valence-corrected chi connectivity index (χ3v) is 5.89. The Balaban J connectivity index is 1.52. The quantitative estimate of drug-likeness (QED) is 0.646. The first kappa shape index (κ1) is 16.5. The third kappa shape index (κ3) is 3.84. The first-order valence-corrected chi connectivity index (χ1v) is 9.99. The molecule has 1 aliphatic rings. The molecule has 4 rings (SSSR count). The lowest BCUT2D eigenvalue weighted by Gasteiger charge is -2.24. The van der Waals surface area contributed by atoms with Gasteiger partial charge in [-0.15, -0.1) is 22.7 Å². The lowest BCUT2D eigenvalue weighted by Crippen LogP contribution is -2.36. The van der Waals surface area contributed by atoms with Crippen LogP contribution in [-0.4, -0.2) is 35.2 Å². The van der Waals surface area contributed by atoms with Gasteiger partial charge >= 0.3 is 0 Å². The number of aromatic nitrogens is 1. The Morgan fingerprint density at radius 2 is 2.16 bits per heavy atom. The van der Waals surface area contributed by atoms with Crippen molar-refractivity contribution in [1.29, 1.82) is 0 Å². The number of ether oxygens (including phenoxy) is 1. The highest BCUT2D eigenvalue weighted by Crippen LogP contribution is 2.26. The fourth-order valence-electron chi connectivity index (χ4n) is 2.93. The van der Waals surface area contributed by atoms with Gasteiger partial charge in [0.2, 0.25) is 0 Å². The fraction of sp³-hybridized carbons (Fsp3) is 0.333. The van der Waals surface area contributed by atoms with Crippen LogP contribution in [0, 0.1) is 0 Å².